The first kappa shape index (κ1) is 17.0. The Hall–Kier alpha value is -2.48. The Morgan fingerprint density at radius 2 is 2.00 bits per heavy atom. The summed E-state index contributed by atoms with van der Waals surface area (Å²) in [6.07, 6.45) is 3.31. The number of fused-ring (bicyclic) bond motifs is 1. The van der Waals surface area contributed by atoms with Gasteiger partial charge in [-0.05, 0) is 53.9 Å². The number of nitrogens with zero attached hydrogens (tertiary/aromatic N) is 5. The standard InChI is InChI=1S/C18H18BrN5O2/c1-12-10-14(2-3-15(12)19)13-6-8-22(9-7-13)17-5-4-16-20-11-18(24(25)26)23(16)21-17/h2-5,10-11,13H,6-9H2,1H3. The van der Waals surface area contributed by atoms with Gasteiger partial charge in [0.1, 0.15) is 6.20 Å². The number of rotatable bonds is 3. The molecule has 0 bridgehead atoms. The Balaban J connectivity index is 1.52. The number of hydrogen-bond acceptors (Lipinski definition) is 5. The normalized spacial score (nSPS) is 15.5. The fraction of sp³-hybridized carbons (Fsp3) is 0.333. The molecule has 1 aromatic carbocycles. The average Bonchev–Trinajstić information content (AvgIpc) is 3.07. The van der Waals surface area contributed by atoms with Crippen LogP contribution in [0.2, 0.25) is 0 Å². The number of nitro groups is 1. The topological polar surface area (TPSA) is 76.6 Å². The fourth-order valence-electron chi connectivity index (χ4n) is 3.51. The van der Waals surface area contributed by atoms with E-state index in [0.717, 1.165) is 36.2 Å². The van der Waals surface area contributed by atoms with Crippen LogP contribution in [0.15, 0.2) is 41.0 Å². The maximum atomic E-state index is 11.1. The first-order valence-electron chi connectivity index (χ1n) is 8.53. The number of halogens is 1. The van der Waals surface area contributed by atoms with Crippen molar-refractivity contribution in [2.75, 3.05) is 18.0 Å². The molecule has 0 amide bonds. The van der Waals surface area contributed by atoms with E-state index >= 15 is 0 Å². The molecule has 0 N–H and O–H groups in total. The SMILES string of the molecule is Cc1cc(C2CCN(c3ccc4ncc([N+](=O)[O-])n4n3)CC2)ccc1Br. The molecule has 0 unspecified atom stereocenters. The summed E-state index contributed by atoms with van der Waals surface area (Å²) in [6, 6.07) is 10.2. The van der Waals surface area contributed by atoms with E-state index in [1.807, 2.05) is 6.07 Å². The molecule has 26 heavy (non-hydrogen) atoms. The first-order valence-corrected chi connectivity index (χ1v) is 9.32. The van der Waals surface area contributed by atoms with E-state index in [1.165, 1.54) is 21.8 Å². The van der Waals surface area contributed by atoms with Crippen LogP contribution in [0.25, 0.3) is 5.65 Å². The Kier molecular flexibility index (Phi) is 4.36. The maximum absolute atomic E-state index is 11.1. The van der Waals surface area contributed by atoms with E-state index in [1.54, 1.807) is 6.07 Å². The molecule has 1 aliphatic rings. The van der Waals surface area contributed by atoms with Gasteiger partial charge in [0.2, 0.25) is 5.65 Å². The van der Waals surface area contributed by atoms with Gasteiger partial charge >= 0.3 is 5.82 Å². The van der Waals surface area contributed by atoms with Gasteiger partial charge in [-0.25, -0.2) is 4.98 Å². The summed E-state index contributed by atoms with van der Waals surface area (Å²) >= 11 is 3.55. The lowest BCUT2D eigenvalue weighted by molar-refractivity contribution is -0.391. The molecule has 4 rings (SSSR count). The third kappa shape index (κ3) is 3.05. The molecular formula is C18H18BrN5O2. The Labute approximate surface area is 158 Å². The molecule has 3 heterocycles. The lowest BCUT2D eigenvalue weighted by atomic mass is 9.89. The molecule has 8 heteroatoms. The van der Waals surface area contributed by atoms with Crippen molar-refractivity contribution in [2.45, 2.75) is 25.7 Å². The van der Waals surface area contributed by atoms with Crippen molar-refractivity contribution in [3.63, 3.8) is 0 Å². The van der Waals surface area contributed by atoms with E-state index < -0.39 is 4.92 Å². The van der Waals surface area contributed by atoms with E-state index in [0.29, 0.717) is 11.6 Å². The summed E-state index contributed by atoms with van der Waals surface area (Å²) in [5.74, 6) is 1.18. The molecule has 0 aliphatic carbocycles. The fourth-order valence-corrected chi connectivity index (χ4v) is 3.76. The Morgan fingerprint density at radius 1 is 1.23 bits per heavy atom. The summed E-state index contributed by atoms with van der Waals surface area (Å²) < 4.78 is 2.44. The molecule has 134 valence electrons. The van der Waals surface area contributed by atoms with Crippen LogP contribution in [0.3, 0.4) is 0 Å². The number of piperidine rings is 1. The second-order valence-electron chi connectivity index (χ2n) is 6.60. The lowest BCUT2D eigenvalue weighted by Gasteiger charge is -2.32. The smallest absolute Gasteiger partial charge is 0.358 e. The first-order chi connectivity index (χ1) is 12.5. The molecule has 0 radical (unpaired) electrons. The van der Waals surface area contributed by atoms with Crippen LogP contribution in [0.5, 0.6) is 0 Å². The zero-order valence-electron chi connectivity index (χ0n) is 14.3. The highest BCUT2D eigenvalue weighted by Gasteiger charge is 2.24. The van der Waals surface area contributed by atoms with Gasteiger partial charge in [0.05, 0.1) is 0 Å². The molecule has 2 aromatic heterocycles. The Morgan fingerprint density at radius 3 is 2.69 bits per heavy atom. The van der Waals surface area contributed by atoms with Crippen LogP contribution in [0.4, 0.5) is 11.6 Å². The van der Waals surface area contributed by atoms with Gasteiger partial charge in [-0.3, -0.25) is 0 Å². The predicted molar refractivity (Wildman–Crippen MR) is 103 cm³/mol. The highest BCUT2D eigenvalue weighted by molar-refractivity contribution is 9.10. The zero-order chi connectivity index (χ0) is 18.3. The summed E-state index contributed by atoms with van der Waals surface area (Å²) in [5.41, 5.74) is 3.11. The van der Waals surface area contributed by atoms with E-state index in [9.17, 15) is 10.1 Å². The molecular weight excluding hydrogens is 398 g/mol. The van der Waals surface area contributed by atoms with Gasteiger partial charge in [0.25, 0.3) is 0 Å². The summed E-state index contributed by atoms with van der Waals surface area (Å²) in [6.45, 7) is 3.86. The number of imidazole rings is 1. The van der Waals surface area contributed by atoms with Gasteiger partial charge in [0.15, 0.2) is 5.82 Å². The number of anilines is 1. The number of aromatic nitrogens is 3. The van der Waals surface area contributed by atoms with Gasteiger partial charge in [-0.1, -0.05) is 37.7 Å². The molecule has 7 nitrogen and oxygen atoms in total. The summed E-state index contributed by atoms with van der Waals surface area (Å²) in [5, 5.41) is 15.5. The predicted octanol–water partition coefficient (Wildman–Crippen LogP) is 4.09. The van der Waals surface area contributed by atoms with Gasteiger partial charge < -0.3 is 15.0 Å². The van der Waals surface area contributed by atoms with E-state index in [2.05, 4.69) is 56.0 Å². The van der Waals surface area contributed by atoms with Gasteiger partial charge in [0, 0.05) is 23.6 Å². The average molecular weight is 416 g/mol. The van der Waals surface area contributed by atoms with Gasteiger partial charge in [-0.15, -0.1) is 0 Å². The maximum Gasteiger partial charge on any atom is 0.368 e. The van der Waals surface area contributed by atoms with Crippen molar-refractivity contribution in [1.29, 1.82) is 0 Å². The third-order valence-electron chi connectivity index (χ3n) is 4.99. The highest BCUT2D eigenvalue weighted by Crippen LogP contribution is 2.32. The van der Waals surface area contributed by atoms with E-state index in [4.69, 9.17) is 0 Å². The van der Waals surface area contributed by atoms with Crippen molar-refractivity contribution in [3.8, 4) is 0 Å². The molecule has 1 fully saturated rings. The summed E-state index contributed by atoms with van der Waals surface area (Å²) in [4.78, 5) is 16.9. The van der Waals surface area contributed by atoms with Gasteiger partial charge in [-0.2, -0.15) is 0 Å². The molecule has 0 atom stereocenters. The van der Waals surface area contributed by atoms with Crippen molar-refractivity contribution >= 4 is 33.2 Å². The van der Waals surface area contributed by atoms with Crippen LogP contribution >= 0.6 is 15.9 Å². The van der Waals surface area contributed by atoms with Crippen LogP contribution in [-0.4, -0.2) is 32.6 Å². The van der Waals surface area contributed by atoms with Crippen molar-refractivity contribution in [1.82, 2.24) is 14.6 Å². The quantitative estimate of drug-likeness (QED) is 0.475. The highest BCUT2D eigenvalue weighted by atomic mass is 79.9. The molecule has 1 saturated heterocycles. The van der Waals surface area contributed by atoms with Crippen molar-refractivity contribution in [2.24, 2.45) is 0 Å². The Bertz CT molecular complexity index is 979. The minimum absolute atomic E-state index is 0.109. The van der Waals surface area contributed by atoms with Crippen molar-refractivity contribution in [3.05, 3.63) is 62.2 Å². The van der Waals surface area contributed by atoms with Crippen LogP contribution < -0.4 is 4.90 Å². The zero-order valence-corrected chi connectivity index (χ0v) is 15.9. The minimum atomic E-state index is -0.459. The summed E-state index contributed by atoms with van der Waals surface area (Å²) in [7, 11) is 0. The number of benzene rings is 1. The molecule has 0 saturated carbocycles. The van der Waals surface area contributed by atoms with Crippen molar-refractivity contribution < 1.29 is 4.92 Å². The van der Waals surface area contributed by atoms with Crippen LogP contribution in [-0.2, 0) is 0 Å². The van der Waals surface area contributed by atoms with Crippen LogP contribution in [0, 0.1) is 17.0 Å². The largest absolute Gasteiger partial charge is 0.368 e. The molecule has 0 spiro atoms. The molecule has 1 aliphatic heterocycles. The van der Waals surface area contributed by atoms with Crippen LogP contribution in [0.1, 0.15) is 29.9 Å². The second-order valence-corrected chi connectivity index (χ2v) is 7.46. The lowest BCUT2D eigenvalue weighted by Crippen LogP contribution is -2.33. The van der Waals surface area contributed by atoms with E-state index in [-0.39, 0.29) is 5.82 Å². The second kappa shape index (κ2) is 6.68. The minimum Gasteiger partial charge on any atom is -0.358 e. The third-order valence-corrected chi connectivity index (χ3v) is 5.88. The number of hydrogen-bond donors (Lipinski definition) is 0. The molecule has 3 aromatic rings. The monoisotopic (exact) mass is 415 g/mol. The number of aryl methyl sites for hydroxylation is 1.